The average Bonchev–Trinajstić information content (AvgIpc) is 3.57. The number of benzene rings is 2. The summed E-state index contributed by atoms with van der Waals surface area (Å²) in [7, 11) is 5.10. The predicted octanol–water partition coefficient (Wildman–Crippen LogP) is 5.25. The number of rotatable bonds is 7. The van der Waals surface area contributed by atoms with Gasteiger partial charge in [-0.3, -0.25) is 18.4 Å². The topological polar surface area (TPSA) is 94.8 Å². The van der Waals surface area contributed by atoms with Crippen LogP contribution in [0.25, 0.3) is 38.9 Å². The van der Waals surface area contributed by atoms with Crippen LogP contribution >= 0.6 is 11.6 Å². The second kappa shape index (κ2) is 9.99. The van der Waals surface area contributed by atoms with Crippen molar-refractivity contribution in [2.24, 2.45) is 21.1 Å². The minimum atomic E-state index is -2.73. The Balaban J connectivity index is 1.84. The Bertz CT molecular complexity index is 1840. The van der Waals surface area contributed by atoms with Crippen molar-refractivity contribution in [1.29, 1.82) is 0 Å². The number of halogens is 3. The highest BCUT2D eigenvalue weighted by atomic mass is 35.5. The molecule has 0 radical (unpaired) electrons. The van der Waals surface area contributed by atoms with Crippen LogP contribution in [0, 0.1) is 0 Å². The summed E-state index contributed by atoms with van der Waals surface area (Å²) in [6.45, 7) is 7.76. The first-order valence-corrected chi connectivity index (χ1v) is 13.7. The van der Waals surface area contributed by atoms with E-state index in [0.717, 1.165) is 0 Å². The van der Waals surface area contributed by atoms with Crippen molar-refractivity contribution >= 4 is 39.4 Å². The van der Waals surface area contributed by atoms with Crippen LogP contribution in [0.15, 0.2) is 41.5 Å². The second-order valence-corrected chi connectivity index (χ2v) is 12.2. The Hall–Kier alpha value is -3.70. The summed E-state index contributed by atoms with van der Waals surface area (Å²) >= 11 is 5.96. The predicted molar refractivity (Wildman–Crippen MR) is 158 cm³/mol. The zero-order chi connectivity index (χ0) is 30.0. The minimum absolute atomic E-state index is 0.00650. The van der Waals surface area contributed by atoms with Gasteiger partial charge in [0.15, 0.2) is 0 Å². The molecule has 12 heteroatoms. The van der Waals surface area contributed by atoms with Crippen LogP contribution < -0.4 is 11.0 Å². The van der Waals surface area contributed by atoms with E-state index in [4.69, 9.17) is 16.6 Å². The van der Waals surface area contributed by atoms with Gasteiger partial charge in [-0.25, -0.2) is 18.6 Å². The number of nitrogens with one attached hydrogen (secondary N) is 1. The van der Waals surface area contributed by atoms with Crippen molar-refractivity contribution in [3.63, 3.8) is 0 Å². The highest BCUT2D eigenvalue weighted by Gasteiger charge is 2.28. The number of anilines is 1. The molecule has 5 aromatic rings. The molecule has 41 heavy (non-hydrogen) atoms. The molecular formula is C29H34ClF2N7O2. The molecule has 9 nitrogen and oxygen atoms in total. The Kier molecular flexibility index (Phi) is 7.02. The van der Waals surface area contributed by atoms with Crippen molar-refractivity contribution in [3.8, 4) is 16.8 Å². The number of hydrogen-bond donors (Lipinski definition) is 2. The second-order valence-electron chi connectivity index (χ2n) is 11.9. The molecule has 0 saturated heterocycles. The normalized spacial score (nSPS) is 14.0. The Labute approximate surface area is 241 Å². The van der Waals surface area contributed by atoms with Gasteiger partial charge in [0.1, 0.15) is 5.82 Å². The number of aryl methyl sites for hydroxylation is 3. The van der Waals surface area contributed by atoms with Gasteiger partial charge >= 0.3 is 5.69 Å². The van der Waals surface area contributed by atoms with Gasteiger partial charge in [0, 0.05) is 50.4 Å². The van der Waals surface area contributed by atoms with Gasteiger partial charge in [-0.15, -0.1) is 11.6 Å². The highest BCUT2D eigenvalue weighted by molar-refractivity contribution is 6.18. The molecular weight excluding hydrogens is 552 g/mol. The monoisotopic (exact) mass is 585 g/mol. The van der Waals surface area contributed by atoms with Gasteiger partial charge in [0.05, 0.1) is 51.1 Å². The van der Waals surface area contributed by atoms with Gasteiger partial charge in [-0.1, -0.05) is 20.8 Å². The van der Waals surface area contributed by atoms with E-state index in [2.05, 4.69) is 10.4 Å². The zero-order valence-corrected chi connectivity index (χ0v) is 24.9. The van der Waals surface area contributed by atoms with E-state index in [1.165, 1.54) is 15.2 Å². The van der Waals surface area contributed by atoms with Crippen molar-refractivity contribution in [2.75, 3.05) is 17.7 Å². The number of hydrogen-bond acceptors (Lipinski definition) is 5. The molecule has 2 aromatic carbocycles. The van der Waals surface area contributed by atoms with E-state index < -0.39 is 17.4 Å². The molecule has 3 aromatic heterocycles. The molecule has 1 unspecified atom stereocenters. The SMILES string of the molecule is Cn1cc(-c2cc3nc(C(C)(C)C)n(-c4cc(NCC(C)(O)CCl)c5c(c4)n(C)c(=O)n5C)c3cc2C(F)F)cn1. The summed E-state index contributed by atoms with van der Waals surface area (Å²) in [5.41, 5.74) is 2.49. The molecule has 1 atom stereocenters. The molecule has 0 bridgehead atoms. The van der Waals surface area contributed by atoms with Crippen LogP contribution in [0.3, 0.4) is 0 Å². The van der Waals surface area contributed by atoms with Gasteiger partial charge in [0.25, 0.3) is 6.43 Å². The number of alkyl halides is 3. The molecule has 0 aliphatic carbocycles. The maximum absolute atomic E-state index is 14.5. The molecule has 0 spiro atoms. The van der Waals surface area contributed by atoms with Crippen LogP contribution in [-0.2, 0) is 26.6 Å². The maximum Gasteiger partial charge on any atom is 0.328 e. The van der Waals surface area contributed by atoms with Crippen molar-refractivity contribution in [1.82, 2.24) is 28.5 Å². The number of fused-ring (bicyclic) bond motifs is 2. The third kappa shape index (κ3) is 5.01. The Morgan fingerprint density at radius 2 is 1.76 bits per heavy atom. The van der Waals surface area contributed by atoms with Crippen molar-refractivity contribution in [2.45, 2.75) is 45.1 Å². The molecule has 0 saturated carbocycles. The van der Waals surface area contributed by atoms with Crippen LogP contribution in [0.1, 0.15) is 45.5 Å². The lowest BCUT2D eigenvalue weighted by Gasteiger charge is -2.23. The molecule has 0 amide bonds. The molecule has 5 rings (SSSR count). The Morgan fingerprint density at radius 3 is 2.34 bits per heavy atom. The number of aromatic nitrogens is 6. The Morgan fingerprint density at radius 1 is 1.05 bits per heavy atom. The molecule has 218 valence electrons. The average molecular weight is 586 g/mol. The molecule has 0 aliphatic heterocycles. The van der Waals surface area contributed by atoms with Crippen LogP contribution in [0.5, 0.6) is 0 Å². The zero-order valence-electron chi connectivity index (χ0n) is 24.1. The van der Waals surface area contributed by atoms with E-state index in [9.17, 15) is 18.7 Å². The number of aliphatic hydroxyl groups is 1. The first-order valence-electron chi connectivity index (χ1n) is 13.2. The minimum Gasteiger partial charge on any atom is -0.387 e. The summed E-state index contributed by atoms with van der Waals surface area (Å²) in [5, 5.41) is 18.0. The van der Waals surface area contributed by atoms with E-state index in [1.807, 2.05) is 37.5 Å². The lowest BCUT2D eigenvalue weighted by Crippen LogP contribution is -2.35. The van der Waals surface area contributed by atoms with Gasteiger partial charge < -0.3 is 10.4 Å². The van der Waals surface area contributed by atoms with Crippen LogP contribution in [-0.4, -0.2) is 51.6 Å². The van der Waals surface area contributed by atoms with E-state index in [1.54, 1.807) is 51.2 Å². The molecule has 3 heterocycles. The molecule has 2 N–H and O–H groups in total. The lowest BCUT2D eigenvalue weighted by molar-refractivity contribution is 0.0982. The fourth-order valence-electron chi connectivity index (χ4n) is 5.13. The van der Waals surface area contributed by atoms with Crippen molar-refractivity contribution in [3.05, 3.63) is 58.5 Å². The first kappa shape index (κ1) is 28.8. The van der Waals surface area contributed by atoms with E-state index >= 15 is 0 Å². The molecule has 0 fully saturated rings. The summed E-state index contributed by atoms with van der Waals surface area (Å²) in [6, 6.07) is 6.88. The highest BCUT2D eigenvalue weighted by Crippen LogP contribution is 2.39. The van der Waals surface area contributed by atoms with Crippen LogP contribution in [0.4, 0.5) is 14.5 Å². The fourth-order valence-corrected chi connectivity index (χ4v) is 5.22. The number of imidazole rings is 2. The summed E-state index contributed by atoms with van der Waals surface area (Å²) in [4.78, 5) is 17.9. The quantitative estimate of drug-likeness (QED) is 0.254. The summed E-state index contributed by atoms with van der Waals surface area (Å²) in [6.07, 6.45) is 0.530. The summed E-state index contributed by atoms with van der Waals surface area (Å²) < 4.78 is 35.5. The van der Waals surface area contributed by atoms with Crippen LogP contribution in [0.2, 0.25) is 0 Å². The largest absolute Gasteiger partial charge is 0.387 e. The fraction of sp³-hybridized carbons (Fsp3) is 0.414. The third-order valence-corrected chi connectivity index (χ3v) is 7.87. The first-order chi connectivity index (χ1) is 19.1. The lowest BCUT2D eigenvalue weighted by atomic mass is 9.95. The van der Waals surface area contributed by atoms with E-state index in [-0.39, 0.29) is 23.7 Å². The number of nitrogens with zero attached hydrogens (tertiary/aromatic N) is 6. The maximum atomic E-state index is 14.5. The smallest absolute Gasteiger partial charge is 0.328 e. The summed E-state index contributed by atoms with van der Waals surface area (Å²) in [5.74, 6) is 0.669. The van der Waals surface area contributed by atoms with Crippen molar-refractivity contribution < 1.29 is 13.9 Å². The van der Waals surface area contributed by atoms with Gasteiger partial charge in [-0.05, 0) is 36.8 Å². The van der Waals surface area contributed by atoms with Gasteiger partial charge in [-0.2, -0.15) is 5.10 Å². The standard InChI is InChI=1S/C29H34ClF2N7O2/c1-28(2,3)26-35-20-10-18(16-12-34-36(5)13-16)19(25(31)32)11-22(20)39(26)17-8-21(33-15-29(4,41)14-30)24-23(9-17)37(6)27(40)38(24)7/h8-13,25,33,41H,14-15H2,1-7H3. The van der Waals surface area contributed by atoms with Gasteiger partial charge in [0.2, 0.25) is 0 Å². The van der Waals surface area contributed by atoms with E-state index in [0.29, 0.717) is 50.4 Å². The molecule has 0 aliphatic rings. The third-order valence-electron chi connectivity index (χ3n) is 7.30.